The van der Waals surface area contributed by atoms with Crippen LogP contribution in [0.25, 0.3) is 0 Å². The Bertz CT molecular complexity index is 1380. The molecule has 0 aliphatic carbocycles. The highest BCUT2D eigenvalue weighted by Gasteiger charge is 2.38. The van der Waals surface area contributed by atoms with Crippen LogP contribution in [0.2, 0.25) is 0 Å². The number of rotatable bonds is 4. The van der Waals surface area contributed by atoms with Crippen molar-refractivity contribution in [2.45, 2.75) is 27.2 Å². The number of imide groups is 1. The number of fused-ring (bicyclic) bond motifs is 1. The minimum absolute atomic E-state index is 0.0817. The molecule has 7 nitrogen and oxygen atoms in total. The van der Waals surface area contributed by atoms with Gasteiger partial charge in [-0.2, -0.15) is 0 Å². The lowest BCUT2D eigenvalue weighted by Gasteiger charge is -2.20. The van der Waals surface area contributed by atoms with E-state index in [2.05, 4.69) is 0 Å². The van der Waals surface area contributed by atoms with Crippen LogP contribution >= 0.6 is 0 Å². The minimum Gasteiger partial charge on any atom is -0.426 e. The van der Waals surface area contributed by atoms with Crippen molar-refractivity contribution >= 4 is 35.1 Å². The fourth-order valence-electron chi connectivity index (χ4n) is 4.66. The highest BCUT2D eigenvalue weighted by atomic mass is 16.5. The number of amides is 3. The zero-order valence-electron chi connectivity index (χ0n) is 19.7. The number of ether oxygens (including phenoxy) is 1. The number of aryl methyl sites for hydroxylation is 3. The first-order chi connectivity index (χ1) is 16.7. The molecule has 1 atom stereocenters. The van der Waals surface area contributed by atoms with E-state index in [-0.39, 0.29) is 30.7 Å². The largest absolute Gasteiger partial charge is 0.426 e. The van der Waals surface area contributed by atoms with Crippen molar-refractivity contribution in [1.29, 1.82) is 0 Å². The Hall–Kier alpha value is -4.26. The Morgan fingerprint density at radius 3 is 2.17 bits per heavy atom. The van der Waals surface area contributed by atoms with Gasteiger partial charge in [0, 0.05) is 18.7 Å². The Kier molecular flexibility index (Phi) is 5.47. The molecule has 0 saturated carbocycles. The van der Waals surface area contributed by atoms with Crippen LogP contribution in [0.5, 0.6) is 5.75 Å². The summed E-state index contributed by atoms with van der Waals surface area (Å²) in [6.07, 6.45) is 0.0817. The van der Waals surface area contributed by atoms with E-state index in [0.29, 0.717) is 28.1 Å². The molecule has 0 bridgehead atoms. The van der Waals surface area contributed by atoms with E-state index in [9.17, 15) is 19.2 Å². The molecule has 3 aromatic carbocycles. The van der Waals surface area contributed by atoms with Crippen LogP contribution in [-0.2, 0) is 9.59 Å². The highest BCUT2D eigenvalue weighted by molar-refractivity contribution is 6.34. The Morgan fingerprint density at radius 1 is 0.829 bits per heavy atom. The predicted octanol–water partition coefficient (Wildman–Crippen LogP) is 4.37. The summed E-state index contributed by atoms with van der Waals surface area (Å²) in [5.41, 5.74) is 4.61. The van der Waals surface area contributed by atoms with Crippen molar-refractivity contribution in [2.24, 2.45) is 5.92 Å². The van der Waals surface area contributed by atoms with Gasteiger partial charge < -0.3 is 9.64 Å². The summed E-state index contributed by atoms with van der Waals surface area (Å²) in [4.78, 5) is 53.9. The minimum atomic E-state index is -0.585. The number of carbonyl (C=O) groups excluding carboxylic acids is 4. The van der Waals surface area contributed by atoms with Crippen LogP contribution in [0.4, 0.5) is 11.4 Å². The summed E-state index contributed by atoms with van der Waals surface area (Å²) in [5.74, 6) is -1.65. The molecule has 0 N–H and O–H groups in total. The van der Waals surface area contributed by atoms with Gasteiger partial charge in [-0.3, -0.25) is 19.2 Å². The lowest BCUT2D eigenvalue weighted by atomic mass is 10.1. The SMILES string of the molecule is Cc1ccc(C)c(N2C[C@H](C(=O)Oc3ccc(N4C(=O)c5ccccc5C4=O)c(C)c3)CC2=O)c1. The zero-order valence-corrected chi connectivity index (χ0v) is 19.7. The third kappa shape index (κ3) is 3.89. The summed E-state index contributed by atoms with van der Waals surface area (Å²) in [6.45, 7) is 5.90. The number of esters is 1. The van der Waals surface area contributed by atoms with Gasteiger partial charge in [-0.05, 0) is 73.9 Å². The van der Waals surface area contributed by atoms with Gasteiger partial charge in [0.2, 0.25) is 5.91 Å². The monoisotopic (exact) mass is 468 g/mol. The molecule has 3 aromatic rings. The molecule has 3 amide bonds. The molecule has 35 heavy (non-hydrogen) atoms. The van der Waals surface area contributed by atoms with E-state index < -0.39 is 11.9 Å². The van der Waals surface area contributed by atoms with E-state index in [0.717, 1.165) is 21.7 Å². The molecular weight excluding hydrogens is 444 g/mol. The van der Waals surface area contributed by atoms with E-state index >= 15 is 0 Å². The van der Waals surface area contributed by atoms with Crippen molar-refractivity contribution in [3.05, 3.63) is 88.5 Å². The maximum Gasteiger partial charge on any atom is 0.316 e. The Morgan fingerprint density at radius 2 is 1.51 bits per heavy atom. The predicted molar refractivity (Wildman–Crippen MR) is 131 cm³/mol. The van der Waals surface area contributed by atoms with Gasteiger partial charge >= 0.3 is 5.97 Å². The van der Waals surface area contributed by atoms with Gasteiger partial charge in [-0.25, -0.2) is 4.90 Å². The van der Waals surface area contributed by atoms with Gasteiger partial charge in [0.15, 0.2) is 0 Å². The average molecular weight is 469 g/mol. The van der Waals surface area contributed by atoms with Crippen molar-refractivity contribution < 1.29 is 23.9 Å². The van der Waals surface area contributed by atoms with Gasteiger partial charge in [0.1, 0.15) is 5.75 Å². The molecular formula is C28H24N2O5. The molecule has 0 spiro atoms. The van der Waals surface area contributed by atoms with E-state index in [1.165, 1.54) is 0 Å². The van der Waals surface area contributed by atoms with Crippen LogP contribution in [0, 0.1) is 26.7 Å². The van der Waals surface area contributed by atoms with E-state index in [4.69, 9.17) is 4.74 Å². The lowest BCUT2D eigenvalue weighted by Crippen LogP contribution is -2.30. The molecule has 2 aliphatic heterocycles. The first-order valence-corrected chi connectivity index (χ1v) is 11.4. The second-order valence-corrected chi connectivity index (χ2v) is 9.06. The van der Waals surface area contributed by atoms with E-state index in [1.807, 2.05) is 32.0 Å². The van der Waals surface area contributed by atoms with E-state index in [1.54, 1.807) is 54.3 Å². The molecule has 7 heteroatoms. The van der Waals surface area contributed by atoms with Crippen LogP contribution in [0.15, 0.2) is 60.7 Å². The topological polar surface area (TPSA) is 84.0 Å². The van der Waals surface area contributed by atoms with Crippen molar-refractivity contribution in [1.82, 2.24) is 0 Å². The first-order valence-electron chi connectivity index (χ1n) is 11.4. The van der Waals surface area contributed by atoms with Crippen molar-refractivity contribution in [3.63, 3.8) is 0 Å². The van der Waals surface area contributed by atoms with Crippen LogP contribution in [0.1, 0.15) is 43.8 Å². The van der Waals surface area contributed by atoms with Gasteiger partial charge in [0.25, 0.3) is 11.8 Å². The summed E-state index contributed by atoms with van der Waals surface area (Å²) in [7, 11) is 0. The molecule has 0 radical (unpaired) electrons. The fraction of sp³-hybridized carbons (Fsp3) is 0.214. The third-order valence-electron chi connectivity index (χ3n) is 6.54. The maximum absolute atomic E-state index is 12.9. The third-order valence-corrected chi connectivity index (χ3v) is 6.54. The standard InChI is InChI=1S/C28H24N2O5/c1-16-8-9-17(2)24(12-16)29-15-19(14-25(29)31)28(34)35-20-10-11-23(18(3)13-20)30-26(32)21-6-4-5-7-22(21)27(30)33/h4-13,19H,14-15H2,1-3H3/t19-/m1/s1. The lowest BCUT2D eigenvalue weighted by molar-refractivity contribution is -0.139. The second kappa shape index (κ2) is 8.51. The van der Waals surface area contributed by atoms with Crippen LogP contribution in [0.3, 0.4) is 0 Å². The second-order valence-electron chi connectivity index (χ2n) is 9.06. The van der Waals surface area contributed by atoms with Gasteiger partial charge in [-0.15, -0.1) is 0 Å². The molecule has 176 valence electrons. The summed E-state index contributed by atoms with van der Waals surface area (Å²) in [6, 6.07) is 17.4. The smallest absolute Gasteiger partial charge is 0.316 e. The number of hydrogen-bond donors (Lipinski definition) is 0. The highest BCUT2D eigenvalue weighted by Crippen LogP contribution is 2.33. The normalized spacial score (nSPS) is 17.2. The molecule has 1 saturated heterocycles. The molecule has 0 aromatic heterocycles. The van der Waals surface area contributed by atoms with Crippen molar-refractivity contribution in [3.8, 4) is 5.75 Å². The van der Waals surface area contributed by atoms with Gasteiger partial charge in [-0.1, -0.05) is 24.3 Å². The fourth-order valence-corrected chi connectivity index (χ4v) is 4.66. The summed E-state index contributed by atoms with van der Waals surface area (Å²) < 4.78 is 5.59. The summed E-state index contributed by atoms with van der Waals surface area (Å²) >= 11 is 0. The number of carbonyl (C=O) groups is 4. The maximum atomic E-state index is 12.9. The molecule has 2 heterocycles. The van der Waals surface area contributed by atoms with Gasteiger partial charge in [0.05, 0.1) is 22.7 Å². The molecule has 5 rings (SSSR count). The van der Waals surface area contributed by atoms with Crippen LogP contribution in [-0.4, -0.2) is 30.2 Å². The molecule has 0 unspecified atom stereocenters. The number of hydrogen-bond acceptors (Lipinski definition) is 5. The molecule has 2 aliphatic rings. The number of nitrogens with zero attached hydrogens (tertiary/aromatic N) is 2. The van der Waals surface area contributed by atoms with Crippen molar-refractivity contribution in [2.75, 3.05) is 16.3 Å². The zero-order chi connectivity index (χ0) is 24.9. The Balaban J connectivity index is 1.31. The average Bonchev–Trinajstić information content (AvgIpc) is 3.34. The van der Waals surface area contributed by atoms with Crippen LogP contribution < -0.4 is 14.5 Å². The number of benzene rings is 3. The summed E-state index contributed by atoms with van der Waals surface area (Å²) in [5, 5.41) is 0. The molecule has 1 fully saturated rings. The first kappa shape index (κ1) is 22.5. The number of anilines is 2. The quantitative estimate of drug-likeness (QED) is 0.323. The Labute approximate surface area is 202 Å².